The molecule has 0 spiro atoms. The molecule has 7 heteroatoms. The molecule has 0 bridgehead atoms. The molecule has 106 valence electrons. The molecular formula is C13H15ClN4OS. The normalized spacial score (nSPS) is 12.2. The van der Waals surface area contributed by atoms with E-state index in [0.29, 0.717) is 22.3 Å². The minimum Gasteiger partial charge on any atom is -0.480 e. The summed E-state index contributed by atoms with van der Waals surface area (Å²) in [4.78, 5) is 9.48. The number of rotatable bonds is 6. The Morgan fingerprint density at radius 2 is 2.20 bits per heavy atom. The Labute approximate surface area is 126 Å². The molecule has 0 saturated heterocycles. The van der Waals surface area contributed by atoms with Gasteiger partial charge in [0, 0.05) is 28.1 Å². The number of thioether (sulfide) groups is 1. The molecule has 1 unspecified atom stereocenters. The van der Waals surface area contributed by atoms with E-state index in [4.69, 9.17) is 22.2 Å². The van der Waals surface area contributed by atoms with Gasteiger partial charge in [-0.2, -0.15) is 0 Å². The molecule has 0 aliphatic rings. The Hall–Kier alpha value is -1.34. The van der Waals surface area contributed by atoms with Gasteiger partial charge in [-0.1, -0.05) is 17.7 Å². The fourth-order valence-electron chi connectivity index (χ4n) is 1.67. The summed E-state index contributed by atoms with van der Waals surface area (Å²) in [7, 11) is 1.56. The van der Waals surface area contributed by atoms with Crippen molar-refractivity contribution in [2.75, 3.05) is 12.9 Å². The molecule has 2 rings (SSSR count). The van der Waals surface area contributed by atoms with Crippen molar-refractivity contribution in [3.8, 4) is 5.88 Å². The molecule has 0 amide bonds. The first-order valence-electron chi connectivity index (χ1n) is 5.94. The summed E-state index contributed by atoms with van der Waals surface area (Å²) >= 11 is 7.59. The van der Waals surface area contributed by atoms with Gasteiger partial charge in [0.2, 0.25) is 5.88 Å². The lowest BCUT2D eigenvalue weighted by atomic mass is 10.2. The molecule has 1 aromatic carbocycles. The van der Waals surface area contributed by atoms with Crippen LogP contribution in [0.1, 0.15) is 11.7 Å². The zero-order valence-corrected chi connectivity index (χ0v) is 12.5. The van der Waals surface area contributed by atoms with Crippen LogP contribution in [0.25, 0.3) is 0 Å². The van der Waals surface area contributed by atoms with Gasteiger partial charge < -0.3 is 4.74 Å². The predicted molar refractivity (Wildman–Crippen MR) is 80.8 cm³/mol. The number of hydrogen-bond acceptors (Lipinski definition) is 6. The summed E-state index contributed by atoms with van der Waals surface area (Å²) in [5.74, 6) is 6.77. The summed E-state index contributed by atoms with van der Waals surface area (Å²) < 4.78 is 5.20. The second kappa shape index (κ2) is 7.44. The molecule has 20 heavy (non-hydrogen) atoms. The van der Waals surface area contributed by atoms with Crippen molar-refractivity contribution in [3.63, 3.8) is 0 Å². The van der Waals surface area contributed by atoms with Gasteiger partial charge in [0.1, 0.15) is 5.69 Å². The van der Waals surface area contributed by atoms with Gasteiger partial charge >= 0.3 is 0 Å². The second-order valence-corrected chi connectivity index (χ2v) is 5.47. The van der Waals surface area contributed by atoms with Gasteiger partial charge in [0.25, 0.3) is 0 Å². The first-order valence-corrected chi connectivity index (χ1v) is 7.30. The van der Waals surface area contributed by atoms with E-state index >= 15 is 0 Å². The molecule has 2 aromatic rings. The lowest BCUT2D eigenvalue weighted by molar-refractivity contribution is 0.381. The largest absolute Gasteiger partial charge is 0.480 e. The van der Waals surface area contributed by atoms with Crippen LogP contribution < -0.4 is 16.0 Å². The predicted octanol–water partition coefficient (Wildman–Crippen LogP) is 2.44. The van der Waals surface area contributed by atoms with E-state index in [9.17, 15) is 0 Å². The third-order valence-corrected chi connectivity index (χ3v) is 3.95. The van der Waals surface area contributed by atoms with Crippen LogP contribution in [0.15, 0.2) is 41.6 Å². The molecular weight excluding hydrogens is 296 g/mol. The number of halogens is 1. The molecule has 0 fully saturated rings. The molecule has 0 aliphatic heterocycles. The third kappa shape index (κ3) is 3.83. The van der Waals surface area contributed by atoms with Crippen LogP contribution >= 0.6 is 23.4 Å². The number of hydrogen-bond donors (Lipinski definition) is 2. The first kappa shape index (κ1) is 15.1. The van der Waals surface area contributed by atoms with E-state index in [-0.39, 0.29) is 6.04 Å². The van der Waals surface area contributed by atoms with Crippen LogP contribution in [0.4, 0.5) is 0 Å². The fraction of sp³-hybridized carbons (Fsp3) is 0.231. The molecule has 3 N–H and O–H groups in total. The van der Waals surface area contributed by atoms with E-state index in [2.05, 4.69) is 15.4 Å². The van der Waals surface area contributed by atoms with E-state index < -0.39 is 0 Å². The number of methoxy groups -OCH3 is 1. The summed E-state index contributed by atoms with van der Waals surface area (Å²) in [5.41, 5.74) is 3.43. The van der Waals surface area contributed by atoms with Gasteiger partial charge in [-0.25, -0.2) is 4.98 Å². The number of hydrazine groups is 1. The standard InChI is InChI=1S/C13H15ClN4OS/c1-19-13-12(16-5-6-17-13)11(18-15)8-20-10-4-2-3-9(14)7-10/h2-7,11,18H,8,15H2,1H3. The van der Waals surface area contributed by atoms with Gasteiger partial charge in [0.05, 0.1) is 13.2 Å². The molecule has 0 aliphatic carbocycles. The van der Waals surface area contributed by atoms with Crippen LogP contribution in [-0.4, -0.2) is 22.8 Å². The topological polar surface area (TPSA) is 73.1 Å². The summed E-state index contributed by atoms with van der Waals surface area (Å²) in [6.07, 6.45) is 3.20. The molecule has 1 heterocycles. The lowest BCUT2D eigenvalue weighted by Crippen LogP contribution is -2.30. The molecule has 0 saturated carbocycles. The average Bonchev–Trinajstić information content (AvgIpc) is 2.48. The van der Waals surface area contributed by atoms with Crippen molar-refractivity contribution < 1.29 is 4.74 Å². The molecule has 5 nitrogen and oxygen atoms in total. The maximum Gasteiger partial charge on any atom is 0.237 e. The molecule has 1 aromatic heterocycles. The summed E-state index contributed by atoms with van der Waals surface area (Å²) in [6, 6.07) is 7.50. The highest BCUT2D eigenvalue weighted by molar-refractivity contribution is 7.99. The molecule has 1 atom stereocenters. The SMILES string of the molecule is COc1nccnc1C(CSc1cccc(Cl)c1)NN. The summed E-state index contributed by atoms with van der Waals surface area (Å²) in [6.45, 7) is 0. The molecule has 0 radical (unpaired) electrons. The Balaban J connectivity index is 2.09. The highest BCUT2D eigenvalue weighted by Crippen LogP contribution is 2.28. The average molecular weight is 311 g/mol. The van der Waals surface area contributed by atoms with Crippen molar-refractivity contribution in [2.45, 2.75) is 10.9 Å². The van der Waals surface area contributed by atoms with Crippen molar-refractivity contribution >= 4 is 23.4 Å². The Morgan fingerprint density at radius 3 is 2.90 bits per heavy atom. The minimum atomic E-state index is -0.164. The maximum absolute atomic E-state index is 5.96. The van der Waals surface area contributed by atoms with Crippen LogP contribution in [0, 0.1) is 0 Å². The summed E-state index contributed by atoms with van der Waals surface area (Å²) in [5, 5.41) is 0.712. The number of nitrogens with two attached hydrogens (primary N) is 1. The quantitative estimate of drug-likeness (QED) is 0.485. The highest BCUT2D eigenvalue weighted by Gasteiger charge is 2.17. The minimum absolute atomic E-state index is 0.164. The zero-order valence-electron chi connectivity index (χ0n) is 10.9. The number of benzene rings is 1. The van der Waals surface area contributed by atoms with E-state index in [1.165, 1.54) is 0 Å². The van der Waals surface area contributed by atoms with E-state index in [1.54, 1.807) is 31.3 Å². The Kier molecular flexibility index (Phi) is 5.60. The van der Waals surface area contributed by atoms with Crippen molar-refractivity contribution in [1.29, 1.82) is 0 Å². The lowest BCUT2D eigenvalue weighted by Gasteiger charge is -2.16. The number of ether oxygens (including phenoxy) is 1. The third-order valence-electron chi connectivity index (χ3n) is 2.63. The van der Waals surface area contributed by atoms with E-state index in [0.717, 1.165) is 4.90 Å². The number of nitrogens with one attached hydrogen (secondary N) is 1. The number of aromatic nitrogens is 2. The van der Waals surface area contributed by atoms with Crippen LogP contribution in [0.2, 0.25) is 5.02 Å². The smallest absolute Gasteiger partial charge is 0.237 e. The van der Waals surface area contributed by atoms with Crippen molar-refractivity contribution in [1.82, 2.24) is 15.4 Å². The van der Waals surface area contributed by atoms with Crippen molar-refractivity contribution in [3.05, 3.63) is 47.4 Å². The first-order chi connectivity index (χ1) is 9.74. The van der Waals surface area contributed by atoms with Gasteiger partial charge in [-0.15, -0.1) is 11.8 Å². The van der Waals surface area contributed by atoms with Crippen LogP contribution in [0.5, 0.6) is 5.88 Å². The van der Waals surface area contributed by atoms with Gasteiger partial charge in [-0.05, 0) is 18.2 Å². The Morgan fingerprint density at radius 1 is 1.40 bits per heavy atom. The fourth-order valence-corrected chi connectivity index (χ4v) is 2.93. The van der Waals surface area contributed by atoms with Crippen molar-refractivity contribution in [2.24, 2.45) is 5.84 Å². The van der Waals surface area contributed by atoms with Crippen LogP contribution in [0.3, 0.4) is 0 Å². The van der Waals surface area contributed by atoms with Gasteiger partial charge in [0.15, 0.2) is 0 Å². The maximum atomic E-state index is 5.96. The van der Waals surface area contributed by atoms with Gasteiger partial charge in [-0.3, -0.25) is 16.3 Å². The Bertz CT molecular complexity index is 570. The van der Waals surface area contributed by atoms with E-state index in [1.807, 2.05) is 24.3 Å². The number of nitrogens with zero attached hydrogens (tertiary/aromatic N) is 2. The highest BCUT2D eigenvalue weighted by atomic mass is 35.5. The van der Waals surface area contributed by atoms with Crippen LogP contribution in [-0.2, 0) is 0 Å². The monoisotopic (exact) mass is 310 g/mol. The second-order valence-electron chi connectivity index (χ2n) is 3.94. The zero-order chi connectivity index (χ0) is 14.4.